The zero-order chi connectivity index (χ0) is 15.8. The number of carbonyl (C=O) groups is 2. The maximum atomic E-state index is 11.7. The molecule has 2 amide bonds. The molecule has 0 aliphatic rings. The number of rotatable bonds is 7. The van der Waals surface area contributed by atoms with Gasteiger partial charge in [-0.1, -0.05) is 29.8 Å². The van der Waals surface area contributed by atoms with Crippen LogP contribution in [0.2, 0.25) is 0 Å². The van der Waals surface area contributed by atoms with Gasteiger partial charge in [-0.25, -0.2) is 9.59 Å². The van der Waals surface area contributed by atoms with Crippen molar-refractivity contribution < 1.29 is 19.4 Å². The Morgan fingerprint density at radius 2 is 2.10 bits per heavy atom. The number of carboxylic acid groups (broad SMARTS) is 1. The van der Waals surface area contributed by atoms with Crippen LogP contribution in [0.25, 0.3) is 0 Å². The predicted molar refractivity (Wildman–Crippen MR) is 83.8 cm³/mol. The van der Waals surface area contributed by atoms with E-state index in [9.17, 15) is 9.59 Å². The molecule has 7 heteroatoms. The predicted octanol–water partition coefficient (Wildman–Crippen LogP) is 2.94. The number of urea groups is 1. The number of carbonyl (C=O) groups excluding carboxylic acids is 1. The minimum atomic E-state index is -1.10. The monoisotopic (exact) mass is 358 g/mol. The van der Waals surface area contributed by atoms with Crippen molar-refractivity contribution in [3.8, 4) is 0 Å². The van der Waals surface area contributed by atoms with Crippen LogP contribution in [-0.2, 0) is 4.74 Å². The highest BCUT2D eigenvalue weighted by molar-refractivity contribution is 9.10. The number of halogens is 1. The van der Waals surface area contributed by atoms with E-state index in [0.29, 0.717) is 30.1 Å². The number of amides is 2. The van der Waals surface area contributed by atoms with Crippen molar-refractivity contribution >= 4 is 33.6 Å². The Hall–Kier alpha value is -1.60. The number of ether oxygens (including phenoxy) is 1. The van der Waals surface area contributed by atoms with Gasteiger partial charge in [0.15, 0.2) is 0 Å². The van der Waals surface area contributed by atoms with Gasteiger partial charge in [0, 0.05) is 17.6 Å². The Morgan fingerprint density at radius 1 is 1.38 bits per heavy atom. The largest absolute Gasteiger partial charge is 0.478 e. The summed E-state index contributed by atoms with van der Waals surface area (Å²) in [5.74, 6) is -0.656. The van der Waals surface area contributed by atoms with Gasteiger partial charge >= 0.3 is 12.0 Å². The molecule has 21 heavy (non-hydrogen) atoms. The molecule has 6 nitrogen and oxygen atoms in total. The van der Waals surface area contributed by atoms with Gasteiger partial charge in [0.2, 0.25) is 0 Å². The minimum absolute atomic E-state index is 0.0319. The SMILES string of the molecule is CC(C)COCCNC(=O)Nc1cc(Br)ccc1C(=O)O. The quantitative estimate of drug-likeness (QED) is 0.654. The number of benzene rings is 1. The van der Waals surface area contributed by atoms with Crippen molar-refractivity contribution in [2.24, 2.45) is 5.92 Å². The molecule has 1 aromatic carbocycles. The summed E-state index contributed by atoms with van der Waals surface area (Å²) in [5.41, 5.74) is 0.266. The van der Waals surface area contributed by atoms with Gasteiger partial charge in [-0.15, -0.1) is 0 Å². The molecule has 3 N–H and O–H groups in total. The number of hydrogen-bond acceptors (Lipinski definition) is 3. The number of anilines is 1. The number of nitrogens with one attached hydrogen (secondary N) is 2. The van der Waals surface area contributed by atoms with Crippen molar-refractivity contribution in [2.45, 2.75) is 13.8 Å². The third-order valence-corrected chi connectivity index (χ3v) is 2.94. The summed E-state index contributed by atoms with van der Waals surface area (Å²) < 4.78 is 6.02. The van der Waals surface area contributed by atoms with Gasteiger partial charge in [0.1, 0.15) is 0 Å². The van der Waals surface area contributed by atoms with Crippen LogP contribution in [0.4, 0.5) is 10.5 Å². The average Bonchev–Trinajstić information content (AvgIpc) is 2.37. The topological polar surface area (TPSA) is 87.7 Å². The smallest absolute Gasteiger partial charge is 0.337 e. The molecule has 0 unspecified atom stereocenters. The second-order valence-corrected chi connectivity index (χ2v) is 5.76. The zero-order valence-electron chi connectivity index (χ0n) is 12.0. The lowest BCUT2D eigenvalue weighted by Crippen LogP contribution is -2.32. The first-order valence-corrected chi connectivity index (χ1v) is 7.35. The van der Waals surface area contributed by atoms with E-state index in [4.69, 9.17) is 9.84 Å². The second-order valence-electron chi connectivity index (χ2n) is 4.84. The van der Waals surface area contributed by atoms with Crippen molar-refractivity contribution in [3.63, 3.8) is 0 Å². The first-order chi connectivity index (χ1) is 9.90. The van der Waals surface area contributed by atoms with Gasteiger partial charge in [-0.3, -0.25) is 0 Å². The van der Waals surface area contributed by atoms with Crippen LogP contribution in [-0.4, -0.2) is 36.9 Å². The normalized spacial score (nSPS) is 10.5. The molecule has 0 aliphatic heterocycles. The van der Waals surface area contributed by atoms with Crippen LogP contribution in [0.15, 0.2) is 22.7 Å². The van der Waals surface area contributed by atoms with Gasteiger partial charge in [0.25, 0.3) is 0 Å². The molecule has 0 aromatic heterocycles. The molecule has 0 bridgehead atoms. The molecule has 0 saturated heterocycles. The van der Waals surface area contributed by atoms with Crippen LogP contribution >= 0.6 is 15.9 Å². The lowest BCUT2D eigenvalue weighted by atomic mass is 10.2. The summed E-state index contributed by atoms with van der Waals surface area (Å²) in [6.07, 6.45) is 0. The highest BCUT2D eigenvalue weighted by Gasteiger charge is 2.12. The first-order valence-electron chi connectivity index (χ1n) is 6.55. The highest BCUT2D eigenvalue weighted by Crippen LogP contribution is 2.21. The molecule has 0 saturated carbocycles. The van der Waals surface area contributed by atoms with E-state index in [0.717, 1.165) is 0 Å². The molecule has 0 atom stereocenters. The third-order valence-electron chi connectivity index (χ3n) is 2.44. The van der Waals surface area contributed by atoms with E-state index in [-0.39, 0.29) is 11.3 Å². The lowest BCUT2D eigenvalue weighted by molar-refractivity contribution is 0.0698. The number of carboxylic acids is 1. The van der Waals surface area contributed by atoms with Crippen molar-refractivity contribution in [2.75, 3.05) is 25.1 Å². The summed E-state index contributed by atoms with van der Waals surface area (Å²) in [5, 5.41) is 14.2. The van der Waals surface area contributed by atoms with Crippen LogP contribution in [0.1, 0.15) is 24.2 Å². The molecule has 0 aliphatic carbocycles. The Morgan fingerprint density at radius 3 is 2.71 bits per heavy atom. The number of aromatic carboxylic acids is 1. The van der Waals surface area contributed by atoms with Crippen molar-refractivity contribution in [3.05, 3.63) is 28.2 Å². The van der Waals surface area contributed by atoms with E-state index < -0.39 is 12.0 Å². The molecule has 0 radical (unpaired) electrons. The van der Waals surface area contributed by atoms with E-state index >= 15 is 0 Å². The Bertz CT molecular complexity index is 506. The summed E-state index contributed by atoms with van der Waals surface area (Å²) in [6.45, 7) is 5.49. The van der Waals surface area contributed by atoms with Gasteiger partial charge in [-0.2, -0.15) is 0 Å². The second kappa shape index (κ2) is 8.63. The van der Waals surface area contributed by atoms with Crippen molar-refractivity contribution in [1.82, 2.24) is 5.32 Å². The fraction of sp³-hybridized carbons (Fsp3) is 0.429. The number of hydrogen-bond donors (Lipinski definition) is 3. The molecular weight excluding hydrogens is 340 g/mol. The summed E-state index contributed by atoms with van der Waals surface area (Å²) in [7, 11) is 0. The summed E-state index contributed by atoms with van der Waals surface area (Å²) in [6, 6.07) is 4.10. The standard InChI is InChI=1S/C14H19BrN2O4/c1-9(2)8-21-6-5-16-14(20)17-12-7-10(15)3-4-11(12)13(18)19/h3-4,7,9H,5-6,8H2,1-2H3,(H,18,19)(H2,16,17,20). The molecule has 0 fully saturated rings. The minimum Gasteiger partial charge on any atom is -0.478 e. The molecule has 0 heterocycles. The Balaban J connectivity index is 2.47. The fourth-order valence-corrected chi connectivity index (χ4v) is 1.89. The molecule has 0 spiro atoms. The zero-order valence-corrected chi connectivity index (χ0v) is 13.6. The molecule has 1 aromatic rings. The van der Waals surface area contributed by atoms with Crippen LogP contribution in [0.5, 0.6) is 0 Å². The van der Waals surface area contributed by atoms with E-state index in [1.165, 1.54) is 12.1 Å². The van der Waals surface area contributed by atoms with Gasteiger partial charge in [0.05, 0.1) is 17.9 Å². The van der Waals surface area contributed by atoms with E-state index in [1.807, 2.05) is 13.8 Å². The van der Waals surface area contributed by atoms with Gasteiger partial charge < -0.3 is 20.5 Å². The molecule has 116 valence electrons. The lowest BCUT2D eigenvalue weighted by Gasteiger charge is -2.11. The maximum absolute atomic E-state index is 11.7. The van der Waals surface area contributed by atoms with Crippen LogP contribution < -0.4 is 10.6 Å². The molecular formula is C14H19BrN2O4. The van der Waals surface area contributed by atoms with Crippen LogP contribution in [0.3, 0.4) is 0 Å². The van der Waals surface area contributed by atoms with E-state index in [2.05, 4.69) is 26.6 Å². The highest BCUT2D eigenvalue weighted by atomic mass is 79.9. The third kappa shape index (κ3) is 6.59. The maximum Gasteiger partial charge on any atom is 0.337 e. The van der Waals surface area contributed by atoms with Gasteiger partial charge in [-0.05, 0) is 24.1 Å². The average molecular weight is 359 g/mol. The molecule has 1 rings (SSSR count). The fourth-order valence-electron chi connectivity index (χ4n) is 1.53. The van der Waals surface area contributed by atoms with E-state index in [1.54, 1.807) is 6.07 Å². The summed E-state index contributed by atoms with van der Waals surface area (Å²) >= 11 is 3.24. The van der Waals surface area contributed by atoms with Crippen LogP contribution in [0, 0.1) is 5.92 Å². The summed E-state index contributed by atoms with van der Waals surface area (Å²) in [4.78, 5) is 22.8. The van der Waals surface area contributed by atoms with Crippen molar-refractivity contribution in [1.29, 1.82) is 0 Å². The Labute approximate surface area is 132 Å². The first kappa shape index (κ1) is 17.5. The Kier molecular flexibility index (Phi) is 7.18.